The third-order valence-electron chi connectivity index (χ3n) is 3.53. The van der Waals surface area contributed by atoms with Gasteiger partial charge >= 0.3 is 0 Å². The van der Waals surface area contributed by atoms with Gasteiger partial charge < -0.3 is 5.32 Å². The van der Waals surface area contributed by atoms with Gasteiger partial charge in [-0.25, -0.2) is 0 Å². The summed E-state index contributed by atoms with van der Waals surface area (Å²) < 4.78 is 0. The Morgan fingerprint density at radius 1 is 1.39 bits per heavy atom. The van der Waals surface area contributed by atoms with E-state index < -0.39 is 0 Å². The Kier molecular flexibility index (Phi) is 4.74. The van der Waals surface area contributed by atoms with Gasteiger partial charge in [-0.05, 0) is 43.6 Å². The number of benzene rings is 1. The molecule has 0 aromatic heterocycles. The molecule has 0 amide bonds. The van der Waals surface area contributed by atoms with Gasteiger partial charge in [0.15, 0.2) is 0 Å². The van der Waals surface area contributed by atoms with Crippen molar-refractivity contribution in [1.82, 2.24) is 10.2 Å². The smallest absolute Gasteiger partial charge is 0.0991 e. The third-order valence-corrected chi connectivity index (χ3v) is 3.53. The summed E-state index contributed by atoms with van der Waals surface area (Å²) in [6.45, 7) is 6.61. The molecule has 1 aromatic carbocycles. The second kappa shape index (κ2) is 6.53. The topological polar surface area (TPSA) is 39.1 Å². The highest BCUT2D eigenvalue weighted by Crippen LogP contribution is 2.14. The van der Waals surface area contributed by atoms with Crippen molar-refractivity contribution in [3.8, 4) is 6.07 Å². The van der Waals surface area contributed by atoms with Crippen LogP contribution < -0.4 is 5.32 Å². The first-order valence-electron chi connectivity index (χ1n) is 6.77. The van der Waals surface area contributed by atoms with Gasteiger partial charge in [-0.15, -0.1) is 0 Å². The van der Waals surface area contributed by atoms with Gasteiger partial charge in [0.05, 0.1) is 11.6 Å². The van der Waals surface area contributed by atoms with E-state index in [1.807, 2.05) is 12.1 Å². The molecule has 1 heterocycles. The van der Waals surface area contributed by atoms with Crippen molar-refractivity contribution in [2.75, 3.05) is 19.6 Å². The summed E-state index contributed by atoms with van der Waals surface area (Å²) in [4.78, 5) is 2.56. The summed E-state index contributed by atoms with van der Waals surface area (Å²) >= 11 is 0. The van der Waals surface area contributed by atoms with Crippen molar-refractivity contribution in [2.45, 2.75) is 32.4 Å². The molecule has 2 rings (SSSR count). The van der Waals surface area contributed by atoms with E-state index >= 15 is 0 Å². The molecule has 0 radical (unpaired) electrons. The van der Waals surface area contributed by atoms with E-state index in [0.29, 0.717) is 6.04 Å². The predicted octanol–water partition coefficient (Wildman–Crippen LogP) is 2.13. The van der Waals surface area contributed by atoms with Gasteiger partial charge in [-0.3, -0.25) is 4.90 Å². The van der Waals surface area contributed by atoms with E-state index in [0.717, 1.165) is 31.7 Å². The van der Waals surface area contributed by atoms with Gasteiger partial charge in [0.2, 0.25) is 0 Å². The van der Waals surface area contributed by atoms with Crippen molar-refractivity contribution in [2.24, 2.45) is 0 Å². The average molecular weight is 243 g/mol. The van der Waals surface area contributed by atoms with Crippen molar-refractivity contribution in [3.05, 3.63) is 35.4 Å². The minimum atomic E-state index is 0.667. The summed E-state index contributed by atoms with van der Waals surface area (Å²) in [5, 5.41) is 12.2. The van der Waals surface area contributed by atoms with E-state index in [4.69, 9.17) is 5.26 Å². The van der Waals surface area contributed by atoms with E-state index in [2.05, 4.69) is 35.3 Å². The number of hydrogen-bond donors (Lipinski definition) is 1. The zero-order valence-electron chi connectivity index (χ0n) is 11.0. The van der Waals surface area contributed by atoms with Crippen LogP contribution >= 0.6 is 0 Å². The Hall–Kier alpha value is -1.37. The Labute approximate surface area is 109 Å². The highest BCUT2D eigenvalue weighted by Gasteiger charge is 2.21. The summed E-state index contributed by atoms with van der Waals surface area (Å²) in [5.74, 6) is 0. The molecule has 0 bridgehead atoms. The van der Waals surface area contributed by atoms with Crippen molar-refractivity contribution in [1.29, 1.82) is 5.26 Å². The SMILES string of the molecule is CCCN(Cc1ccc(C#N)cc1)C1CCNC1. The highest BCUT2D eigenvalue weighted by atomic mass is 15.2. The van der Waals surface area contributed by atoms with Crippen LogP contribution in [0.5, 0.6) is 0 Å². The fraction of sp³-hybridized carbons (Fsp3) is 0.533. The maximum Gasteiger partial charge on any atom is 0.0991 e. The first kappa shape index (κ1) is 13.1. The van der Waals surface area contributed by atoms with Crippen LogP contribution in [0.25, 0.3) is 0 Å². The highest BCUT2D eigenvalue weighted by molar-refractivity contribution is 5.31. The molecule has 0 spiro atoms. The first-order valence-corrected chi connectivity index (χ1v) is 6.77. The number of nitrogens with zero attached hydrogens (tertiary/aromatic N) is 2. The van der Waals surface area contributed by atoms with Gasteiger partial charge in [0, 0.05) is 19.1 Å². The average Bonchev–Trinajstić information content (AvgIpc) is 2.93. The molecule has 1 N–H and O–H groups in total. The molecule has 3 nitrogen and oxygen atoms in total. The lowest BCUT2D eigenvalue weighted by Gasteiger charge is -2.28. The second-order valence-electron chi connectivity index (χ2n) is 4.93. The van der Waals surface area contributed by atoms with E-state index in [9.17, 15) is 0 Å². The minimum absolute atomic E-state index is 0.667. The lowest BCUT2D eigenvalue weighted by Crippen LogP contribution is -2.36. The quantitative estimate of drug-likeness (QED) is 0.861. The first-order chi connectivity index (χ1) is 8.83. The van der Waals surface area contributed by atoms with Crippen LogP contribution in [-0.4, -0.2) is 30.6 Å². The molecule has 96 valence electrons. The Morgan fingerprint density at radius 3 is 2.72 bits per heavy atom. The van der Waals surface area contributed by atoms with Crippen LogP contribution in [0.15, 0.2) is 24.3 Å². The zero-order chi connectivity index (χ0) is 12.8. The summed E-state index contributed by atoms with van der Waals surface area (Å²) in [5.41, 5.74) is 2.04. The molecular weight excluding hydrogens is 222 g/mol. The van der Waals surface area contributed by atoms with E-state index in [1.165, 1.54) is 18.4 Å². The molecule has 1 unspecified atom stereocenters. The lowest BCUT2D eigenvalue weighted by molar-refractivity contribution is 0.199. The number of nitriles is 1. The summed E-state index contributed by atoms with van der Waals surface area (Å²) in [6.07, 6.45) is 2.43. The van der Waals surface area contributed by atoms with Crippen LogP contribution in [0.3, 0.4) is 0 Å². The van der Waals surface area contributed by atoms with E-state index in [1.54, 1.807) is 0 Å². The Morgan fingerprint density at radius 2 is 2.17 bits per heavy atom. The third kappa shape index (κ3) is 3.32. The molecule has 18 heavy (non-hydrogen) atoms. The van der Waals surface area contributed by atoms with Gasteiger partial charge in [-0.2, -0.15) is 5.26 Å². The fourth-order valence-electron chi connectivity index (χ4n) is 2.55. The number of nitrogens with one attached hydrogen (secondary N) is 1. The molecule has 0 aliphatic carbocycles. The molecular formula is C15H21N3. The molecule has 1 aromatic rings. The molecule has 0 saturated carbocycles. The summed E-state index contributed by atoms with van der Waals surface area (Å²) in [7, 11) is 0. The van der Waals surface area contributed by atoms with Gasteiger partial charge in [0.25, 0.3) is 0 Å². The lowest BCUT2D eigenvalue weighted by atomic mass is 10.1. The summed E-state index contributed by atoms with van der Waals surface area (Å²) in [6, 6.07) is 10.8. The van der Waals surface area contributed by atoms with Gasteiger partial charge in [-0.1, -0.05) is 19.1 Å². The van der Waals surface area contributed by atoms with Crippen molar-refractivity contribution in [3.63, 3.8) is 0 Å². The molecule has 1 atom stereocenters. The largest absolute Gasteiger partial charge is 0.315 e. The minimum Gasteiger partial charge on any atom is -0.315 e. The van der Waals surface area contributed by atoms with Crippen LogP contribution in [0.2, 0.25) is 0 Å². The fourth-order valence-corrected chi connectivity index (χ4v) is 2.55. The number of hydrogen-bond acceptors (Lipinski definition) is 3. The molecule has 1 aliphatic heterocycles. The van der Waals surface area contributed by atoms with Crippen LogP contribution in [0, 0.1) is 11.3 Å². The molecule has 3 heteroatoms. The number of rotatable bonds is 5. The van der Waals surface area contributed by atoms with Crippen LogP contribution in [0.1, 0.15) is 30.9 Å². The molecule has 1 aliphatic rings. The van der Waals surface area contributed by atoms with Crippen molar-refractivity contribution >= 4 is 0 Å². The standard InChI is InChI=1S/C15H21N3/c1-2-9-18(15-7-8-17-11-15)12-14-5-3-13(10-16)4-6-14/h3-6,15,17H,2,7-9,11-12H2,1H3. The van der Waals surface area contributed by atoms with Crippen LogP contribution in [0.4, 0.5) is 0 Å². The molecule has 1 fully saturated rings. The van der Waals surface area contributed by atoms with E-state index in [-0.39, 0.29) is 0 Å². The zero-order valence-corrected chi connectivity index (χ0v) is 11.0. The normalized spacial score (nSPS) is 19.1. The monoisotopic (exact) mass is 243 g/mol. The molecule has 1 saturated heterocycles. The predicted molar refractivity (Wildman–Crippen MR) is 73.1 cm³/mol. The second-order valence-corrected chi connectivity index (χ2v) is 4.93. The maximum atomic E-state index is 8.80. The van der Waals surface area contributed by atoms with Crippen molar-refractivity contribution < 1.29 is 0 Å². The van der Waals surface area contributed by atoms with Gasteiger partial charge in [0.1, 0.15) is 0 Å². The van der Waals surface area contributed by atoms with Crippen LogP contribution in [-0.2, 0) is 6.54 Å². The maximum absolute atomic E-state index is 8.80. The Bertz CT molecular complexity index is 399. The Balaban J connectivity index is 2.00.